The van der Waals surface area contributed by atoms with E-state index in [1.165, 1.54) is 17.6 Å². The number of halogens is 1. The summed E-state index contributed by atoms with van der Waals surface area (Å²) in [6, 6.07) is 6.82. The number of nitrogens with zero attached hydrogens (tertiary/aromatic N) is 1. The van der Waals surface area contributed by atoms with Gasteiger partial charge in [0.1, 0.15) is 5.00 Å². The highest BCUT2D eigenvalue weighted by Gasteiger charge is 2.28. The maximum Gasteiger partial charge on any atom is 0.341 e. The summed E-state index contributed by atoms with van der Waals surface area (Å²) in [5, 5.41) is 7.24. The first-order valence-electron chi connectivity index (χ1n) is 9.21. The second-order valence-electron chi connectivity index (χ2n) is 6.34. The Morgan fingerprint density at radius 3 is 2.62 bits per heavy atom. The van der Waals surface area contributed by atoms with Crippen molar-refractivity contribution < 1.29 is 19.1 Å². The van der Waals surface area contributed by atoms with Crippen molar-refractivity contribution in [3.05, 3.63) is 50.9 Å². The molecule has 2 aromatic rings. The second kappa shape index (κ2) is 9.67. The van der Waals surface area contributed by atoms with Crippen molar-refractivity contribution in [1.82, 2.24) is 5.43 Å². The van der Waals surface area contributed by atoms with E-state index < -0.39 is 17.8 Å². The van der Waals surface area contributed by atoms with Gasteiger partial charge in [-0.1, -0.05) is 23.7 Å². The molecule has 3 rings (SSSR count). The van der Waals surface area contributed by atoms with E-state index in [2.05, 4.69) is 15.8 Å². The van der Waals surface area contributed by atoms with Crippen LogP contribution in [0.3, 0.4) is 0 Å². The number of anilines is 1. The third-order valence-corrected chi connectivity index (χ3v) is 5.79. The van der Waals surface area contributed by atoms with Gasteiger partial charge in [0.05, 0.1) is 18.4 Å². The smallest absolute Gasteiger partial charge is 0.341 e. The number of hydrazone groups is 1. The molecular formula is C20H20ClN3O4S. The molecular weight excluding hydrogens is 414 g/mol. The Hall–Kier alpha value is -2.71. The highest BCUT2D eigenvalue weighted by Crippen LogP contribution is 2.38. The Labute approximate surface area is 177 Å². The highest BCUT2D eigenvalue weighted by atomic mass is 35.5. The van der Waals surface area contributed by atoms with Crippen LogP contribution in [0, 0.1) is 0 Å². The van der Waals surface area contributed by atoms with Crippen LogP contribution in [0.2, 0.25) is 5.02 Å². The number of aryl methyl sites for hydroxylation is 1. The summed E-state index contributed by atoms with van der Waals surface area (Å²) in [7, 11) is 0. The quantitative estimate of drug-likeness (QED) is 0.326. The fraction of sp³-hybridized carbons (Fsp3) is 0.300. The number of thiophene rings is 1. The van der Waals surface area contributed by atoms with Crippen molar-refractivity contribution >= 4 is 51.9 Å². The van der Waals surface area contributed by atoms with Crippen LogP contribution in [0.4, 0.5) is 5.00 Å². The lowest BCUT2D eigenvalue weighted by atomic mass is 9.95. The van der Waals surface area contributed by atoms with Crippen LogP contribution in [0.15, 0.2) is 29.4 Å². The summed E-state index contributed by atoms with van der Waals surface area (Å²) < 4.78 is 5.14. The number of nitrogens with one attached hydrogen (secondary N) is 2. The summed E-state index contributed by atoms with van der Waals surface area (Å²) in [6.07, 6.45) is 5.01. The predicted octanol–water partition coefficient (Wildman–Crippen LogP) is 3.55. The van der Waals surface area contributed by atoms with Crippen molar-refractivity contribution in [3.8, 4) is 0 Å². The maximum absolute atomic E-state index is 12.4. The average Bonchev–Trinajstić information content (AvgIpc) is 3.07. The lowest BCUT2D eigenvalue weighted by Gasteiger charge is -2.12. The number of ether oxygens (including phenoxy) is 1. The van der Waals surface area contributed by atoms with Crippen molar-refractivity contribution in [2.75, 3.05) is 11.9 Å². The number of esters is 1. The highest BCUT2D eigenvalue weighted by molar-refractivity contribution is 7.17. The molecule has 29 heavy (non-hydrogen) atoms. The lowest BCUT2D eigenvalue weighted by Crippen LogP contribution is -2.32. The summed E-state index contributed by atoms with van der Waals surface area (Å²) in [4.78, 5) is 37.8. The van der Waals surface area contributed by atoms with E-state index >= 15 is 0 Å². The molecule has 1 aromatic heterocycles. The molecule has 0 spiro atoms. The zero-order chi connectivity index (χ0) is 20.8. The summed E-state index contributed by atoms with van der Waals surface area (Å²) in [5.41, 5.74) is 4.16. The van der Waals surface area contributed by atoms with Crippen LogP contribution in [0.5, 0.6) is 0 Å². The lowest BCUT2D eigenvalue weighted by molar-refractivity contribution is -0.136. The molecule has 9 heteroatoms. The van der Waals surface area contributed by atoms with Gasteiger partial charge < -0.3 is 10.1 Å². The predicted molar refractivity (Wildman–Crippen MR) is 113 cm³/mol. The number of rotatable bonds is 5. The topological polar surface area (TPSA) is 96.9 Å². The van der Waals surface area contributed by atoms with Gasteiger partial charge in [0.2, 0.25) is 0 Å². The van der Waals surface area contributed by atoms with Crippen LogP contribution >= 0.6 is 22.9 Å². The zero-order valence-electron chi connectivity index (χ0n) is 15.8. The molecule has 0 saturated heterocycles. The molecule has 0 radical (unpaired) electrons. The normalized spacial score (nSPS) is 13.0. The Morgan fingerprint density at radius 2 is 1.90 bits per heavy atom. The van der Waals surface area contributed by atoms with Crippen LogP contribution in [0.1, 0.15) is 46.1 Å². The molecule has 2 N–H and O–H groups in total. The van der Waals surface area contributed by atoms with Crippen molar-refractivity contribution in [2.24, 2.45) is 5.10 Å². The Balaban J connectivity index is 1.69. The molecule has 0 atom stereocenters. The van der Waals surface area contributed by atoms with E-state index in [1.54, 1.807) is 31.2 Å². The van der Waals surface area contributed by atoms with Crippen molar-refractivity contribution in [2.45, 2.75) is 32.6 Å². The van der Waals surface area contributed by atoms with E-state index in [4.69, 9.17) is 16.3 Å². The van der Waals surface area contributed by atoms with E-state index in [0.29, 0.717) is 21.2 Å². The Morgan fingerprint density at radius 1 is 1.17 bits per heavy atom. The average molecular weight is 434 g/mol. The SMILES string of the molecule is CCOC(=O)c1c(NC(=O)C(=O)N/N=C\c2ccc(Cl)cc2)sc2c1CCCC2. The molecule has 0 unspecified atom stereocenters. The molecule has 0 aliphatic heterocycles. The van der Waals surface area contributed by atoms with Gasteiger partial charge in [-0.25, -0.2) is 10.2 Å². The van der Waals surface area contributed by atoms with Crippen molar-refractivity contribution in [1.29, 1.82) is 0 Å². The molecule has 0 bridgehead atoms. The van der Waals surface area contributed by atoms with Crippen LogP contribution in [0.25, 0.3) is 0 Å². The van der Waals surface area contributed by atoms with Gasteiger partial charge >= 0.3 is 17.8 Å². The number of hydrogen-bond donors (Lipinski definition) is 2. The van der Waals surface area contributed by atoms with Gasteiger partial charge in [-0.05, 0) is 55.9 Å². The first kappa shape index (κ1) is 21.0. The largest absolute Gasteiger partial charge is 0.462 e. The standard InChI is InChI=1S/C20H20ClN3O4S/c1-2-28-20(27)16-14-5-3-4-6-15(14)29-19(16)23-17(25)18(26)24-22-11-12-7-9-13(21)10-8-12/h7-11H,2-6H2,1H3,(H,23,25)(H,24,26)/b22-11-. The molecule has 152 valence electrons. The van der Waals surface area contributed by atoms with Gasteiger partial charge in [-0.2, -0.15) is 5.10 Å². The fourth-order valence-electron chi connectivity index (χ4n) is 3.00. The third kappa shape index (κ3) is 5.21. The minimum absolute atomic E-state index is 0.233. The van der Waals surface area contributed by atoms with E-state index in [9.17, 15) is 14.4 Å². The third-order valence-electron chi connectivity index (χ3n) is 4.33. The van der Waals surface area contributed by atoms with Gasteiger partial charge in [-0.15, -0.1) is 11.3 Å². The zero-order valence-corrected chi connectivity index (χ0v) is 17.4. The molecule has 0 fully saturated rings. The fourth-order valence-corrected chi connectivity index (χ4v) is 4.40. The number of hydrogen-bond acceptors (Lipinski definition) is 6. The van der Waals surface area contributed by atoms with Crippen LogP contribution in [-0.2, 0) is 27.2 Å². The second-order valence-corrected chi connectivity index (χ2v) is 7.88. The van der Waals surface area contributed by atoms with Gasteiger partial charge in [0, 0.05) is 9.90 Å². The minimum atomic E-state index is -0.934. The Kier molecular flexibility index (Phi) is 7.00. The number of fused-ring (bicyclic) bond motifs is 1. The minimum Gasteiger partial charge on any atom is -0.462 e. The molecule has 1 heterocycles. The van der Waals surface area contributed by atoms with Crippen molar-refractivity contribution in [3.63, 3.8) is 0 Å². The molecule has 7 nitrogen and oxygen atoms in total. The molecule has 2 amide bonds. The summed E-state index contributed by atoms with van der Waals surface area (Å²) in [6.45, 7) is 1.96. The van der Waals surface area contributed by atoms with E-state index in [-0.39, 0.29) is 6.61 Å². The van der Waals surface area contributed by atoms with Gasteiger partial charge in [0.25, 0.3) is 0 Å². The molecule has 1 aliphatic rings. The molecule has 1 aliphatic carbocycles. The maximum atomic E-state index is 12.4. The van der Waals surface area contributed by atoms with Gasteiger partial charge in [-0.3, -0.25) is 9.59 Å². The summed E-state index contributed by atoms with van der Waals surface area (Å²) in [5.74, 6) is -2.32. The first-order valence-corrected chi connectivity index (χ1v) is 10.4. The van der Waals surface area contributed by atoms with Gasteiger partial charge in [0.15, 0.2) is 0 Å². The molecule has 0 saturated carbocycles. The number of carbonyl (C=O) groups is 3. The monoisotopic (exact) mass is 433 g/mol. The van der Waals surface area contributed by atoms with E-state index in [0.717, 1.165) is 36.1 Å². The number of amides is 2. The number of benzene rings is 1. The van der Waals surface area contributed by atoms with Crippen LogP contribution in [-0.4, -0.2) is 30.6 Å². The molecule has 1 aromatic carbocycles. The first-order chi connectivity index (χ1) is 14.0. The summed E-state index contributed by atoms with van der Waals surface area (Å²) >= 11 is 7.13. The van der Waals surface area contributed by atoms with E-state index in [1.807, 2.05) is 0 Å². The van der Waals surface area contributed by atoms with Crippen LogP contribution < -0.4 is 10.7 Å². The number of carbonyl (C=O) groups excluding carboxylic acids is 3. The Bertz CT molecular complexity index is 953.